The number of carbonyl (C=O) groups is 2. The van der Waals surface area contributed by atoms with Crippen molar-refractivity contribution in [3.05, 3.63) is 30.1 Å². The third kappa shape index (κ3) is 4.92. The lowest BCUT2D eigenvalue weighted by Gasteiger charge is -2.12. The first kappa shape index (κ1) is 14.9. The van der Waals surface area contributed by atoms with Crippen molar-refractivity contribution >= 4 is 11.9 Å². The molecule has 0 unspecified atom stereocenters. The van der Waals surface area contributed by atoms with Gasteiger partial charge in [-0.3, -0.25) is 4.79 Å². The zero-order chi connectivity index (χ0) is 14.3. The SMILES string of the molecule is O=C(CCOc1ccccc1F)N[C@@H](CO)C(=O)O. The highest BCUT2D eigenvalue weighted by Gasteiger charge is 2.18. The van der Waals surface area contributed by atoms with E-state index in [9.17, 15) is 14.0 Å². The summed E-state index contributed by atoms with van der Waals surface area (Å²) in [4.78, 5) is 21.9. The van der Waals surface area contributed by atoms with Crippen LogP contribution < -0.4 is 10.1 Å². The topological polar surface area (TPSA) is 95.9 Å². The molecule has 6 nitrogen and oxygen atoms in total. The van der Waals surface area contributed by atoms with Crippen molar-refractivity contribution in [3.63, 3.8) is 0 Å². The molecule has 1 aromatic carbocycles. The van der Waals surface area contributed by atoms with Gasteiger partial charge in [-0.05, 0) is 12.1 Å². The summed E-state index contributed by atoms with van der Waals surface area (Å²) in [5.41, 5.74) is 0. The number of aliphatic hydroxyl groups is 1. The second-order valence-corrected chi connectivity index (χ2v) is 3.67. The second-order valence-electron chi connectivity index (χ2n) is 3.67. The van der Waals surface area contributed by atoms with Crippen molar-refractivity contribution < 1.29 is 28.9 Å². The molecule has 1 amide bonds. The van der Waals surface area contributed by atoms with Crippen LogP contribution in [-0.4, -0.2) is 41.3 Å². The first-order valence-electron chi connectivity index (χ1n) is 5.55. The molecule has 1 aromatic rings. The quantitative estimate of drug-likeness (QED) is 0.656. The predicted octanol–water partition coefficient (Wildman–Crippen LogP) is 0.156. The maximum atomic E-state index is 13.1. The Hall–Kier alpha value is -2.15. The Labute approximate surface area is 108 Å². The Morgan fingerprint density at radius 2 is 2.05 bits per heavy atom. The number of hydrogen-bond donors (Lipinski definition) is 3. The summed E-state index contributed by atoms with van der Waals surface area (Å²) in [6, 6.07) is 4.39. The molecule has 1 rings (SSSR count). The Morgan fingerprint density at radius 1 is 1.37 bits per heavy atom. The van der Waals surface area contributed by atoms with Gasteiger partial charge in [0.25, 0.3) is 0 Å². The lowest BCUT2D eigenvalue weighted by atomic mass is 10.3. The number of nitrogens with one attached hydrogen (secondary N) is 1. The van der Waals surface area contributed by atoms with E-state index < -0.39 is 30.3 Å². The van der Waals surface area contributed by atoms with Crippen LogP contribution in [0.2, 0.25) is 0 Å². The third-order valence-corrected chi connectivity index (χ3v) is 2.24. The molecular weight excluding hydrogens is 257 g/mol. The van der Waals surface area contributed by atoms with Gasteiger partial charge in [0, 0.05) is 0 Å². The van der Waals surface area contributed by atoms with Crippen LogP contribution in [-0.2, 0) is 9.59 Å². The molecule has 0 radical (unpaired) electrons. The van der Waals surface area contributed by atoms with E-state index in [0.29, 0.717) is 0 Å². The van der Waals surface area contributed by atoms with Gasteiger partial charge in [0.1, 0.15) is 6.04 Å². The van der Waals surface area contributed by atoms with Crippen molar-refractivity contribution in [1.29, 1.82) is 0 Å². The van der Waals surface area contributed by atoms with Gasteiger partial charge < -0.3 is 20.3 Å². The largest absolute Gasteiger partial charge is 0.490 e. The minimum atomic E-state index is -1.35. The van der Waals surface area contributed by atoms with Crippen LogP contribution >= 0.6 is 0 Å². The number of rotatable bonds is 7. The highest BCUT2D eigenvalue weighted by molar-refractivity contribution is 5.83. The Kier molecular flexibility index (Phi) is 5.74. The monoisotopic (exact) mass is 271 g/mol. The molecule has 0 heterocycles. The van der Waals surface area contributed by atoms with E-state index >= 15 is 0 Å². The minimum Gasteiger partial charge on any atom is -0.490 e. The molecule has 0 aliphatic carbocycles. The third-order valence-electron chi connectivity index (χ3n) is 2.24. The number of aliphatic carboxylic acids is 1. The number of benzene rings is 1. The molecule has 0 fully saturated rings. The summed E-state index contributed by atoms with van der Waals surface area (Å²) in [6.07, 6.45) is -0.141. The van der Waals surface area contributed by atoms with Crippen LogP contribution in [0.1, 0.15) is 6.42 Å². The smallest absolute Gasteiger partial charge is 0.328 e. The average molecular weight is 271 g/mol. The van der Waals surface area contributed by atoms with Crippen LogP contribution in [0.15, 0.2) is 24.3 Å². The van der Waals surface area contributed by atoms with Crippen molar-refractivity contribution in [2.24, 2.45) is 0 Å². The van der Waals surface area contributed by atoms with E-state index in [1.165, 1.54) is 18.2 Å². The van der Waals surface area contributed by atoms with Crippen molar-refractivity contribution in [3.8, 4) is 5.75 Å². The summed E-state index contributed by atoms with van der Waals surface area (Å²) in [5.74, 6) is -2.45. The van der Waals surface area contributed by atoms with Crippen LogP contribution in [0.25, 0.3) is 0 Å². The molecule has 104 valence electrons. The van der Waals surface area contributed by atoms with Gasteiger partial charge in [-0.2, -0.15) is 0 Å². The summed E-state index contributed by atoms with van der Waals surface area (Å²) in [5, 5.41) is 19.4. The molecular formula is C12H14FNO5. The Bertz CT molecular complexity index is 452. The lowest BCUT2D eigenvalue weighted by molar-refractivity contribution is -0.143. The molecule has 0 spiro atoms. The first-order chi connectivity index (χ1) is 9.04. The number of aliphatic hydroxyl groups excluding tert-OH is 1. The fraction of sp³-hybridized carbons (Fsp3) is 0.333. The molecule has 0 saturated carbocycles. The highest BCUT2D eigenvalue weighted by Crippen LogP contribution is 2.15. The number of carboxylic acid groups (broad SMARTS) is 1. The number of carboxylic acids is 1. The maximum absolute atomic E-state index is 13.1. The number of hydrogen-bond acceptors (Lipinski definition) is 4. The molecule has 1 atom stereocenters. The first-order valence-corrected chi connectivity index (χ1v) is 5.55. The van der Waals surface area contributed by atoms with E-state index in [0.717, 1.165) is 0 Å². The van der Waals surface area contributed by atoms with E-state index in [-0.39, 0.29) is 18.8 Å². The molecule has 0 aliphatic rings. The molecule has 0 saturated heterocycles. The molecule has 7 heteroatoms. The zero-order valence-electron chi connectivity index (χ0n) is 10.0. The van der Waals surface area contributed by atoms with Gasteiger partial charge in [0.2, 0.25) is 5.91 Å². The molecule has 19 heavy (non-hydrogen) atoms. The number of ether oxygens (including phenoxy) is 1. The van der Waals surface area contributed by atoms with Crippen LogP contribution in [0.3, 0.4) is 0 Å². The standard InChI is InChI=1S/C12H14FNO5/c13-8-3-1-2-4-10(8)19-6-5-11(16)14-9(7-15)12(17)18/h1-4,9,15H,5-7H2,(H,14,16)(H,17,18)/t9-/m0/s1. The summed E-state index contributed by atoms with van der Waals surface area (Å²) in [6.45, 7) is -0.792. The van der Waals surface area contributed by atoms with E-state index in [2.05, 4.69) is 5.32 Å². The highest BCUT2D eigenvalue weighted by atomic mass is 19.1. The number of halogens is 1. The van der Waals surface area contributed by atoms with Gasteiger partial charge in [-0.25, -0.2) is 9.18 Å². The van der Waals surface area contributed by atoms with Gasteiger partial charge in [-0.15, -0.1) is 0 Å². The Morgan fingerprint density at radius 3 is 2.63 bits per heavy atom. The number of amides is 1. The van der Waals surface area contributed by atoms with E-state index in [1.807, 2.05) is 0 Å². The number of para-hydroxylation sites is 1. The summed E-state index contributed by atoms with van der Waals surface area (Å²) < 4.78 is 18.2. The average Bonchev–Trinajstić information content (AvgIpc) is 2.38. The van der Waals surface area contributed by atoms with Crippen LogP contribution in [0.4, 0.5) is 4.39 Å². The van der Waals surface area contributed by atoms with E-state index in [1.54, 1.807) is 6.07 Å². The molecule has 0 aliphatic heterocycles. The fourth-order valence-corrected chi connectivity index (χ4v) is 1.27. The van der Waals surface area contributed by atoms with Crippen molar-refractivity contribution in [1.82, 2.24) is 5.32 Å². The second kappa shape index (κ2) is 7.32. The minimum absolute atomic E-state index is 0.0206. The van der Waals surface area contributed by atoms with Crippen molar-refractivity contribution in [2.45, 2.75) is 12.5 Å². The molecule has 0 bridgehead atoms. The predicted molar refractivity (Wildman–Crippen MR) is 63.2 cm³/mol. The van der Waals surface area contributed by atoms with Gasteiger partial charge in [0.15, 0.2) is 11.6 Å². The summed E-state index contributed by atoms with van der Waals surface area (Å²) >= 11 is 0. The normalized spacial score (nSPS) is 11.7. The van der Waals surface area contributed by atoms with Crippen LogP contribution in [0, 0.1) is 5.82 Å². The molecule has 3 N–H and O–H groups in total. The van der Waals surface area contributed by atoms with Crippen molar-refractivity contribution in [2.75, 3.05) is 13.2 Å². The summed E-state index contributed by atoms with van der Waals surface area (Å²) in [7, 11) is 0. The number of carbonyl (C=O) groups excluding carboxylic acids is 1. The molecule has 0 aromatic heterocycles. The van der Waals surface area contributed by atoms with Crippen LogP contribution in [0.5, 0.6) is 5.75 Å². The maximum Gasteiger partial charge on any atom is 0.328 e. The van der Waals surface area contributed by atoms with Gasteiger partial charge >= 0.3 is 5.97 Å². The van der Waals surface area contributed by atoms with Gasteiger partial charge in [-0.1, -0.05) is 12.1 Å². The van der Waals surface area contributed by atoms with Gasteiger partial charge in [0.05, 0.1) is 19.6 Å². The fourth-order valence-electron chi connectivity index (χ4n) is 1.27. The lowest BCUT2D eigenvalue weighted by Crippen LogP contribution is -2.43. The Balaban J connectivity index is 2.35. The zero-order valence-corrected chi connectivity index (χ0v) is 10.0. The van der Waals surface area contributed by atoms with E-state index in [4.69, 9.17) is 14.9 Å².